The van der Waals surface area contributed by atoms with Crippen LogP contribution >= 0.6 is 11.6 Å². The van der Waals surface area contributed by atoms with E-state index in [0.717, 1.165) is 62.4 Å². The molecule has 0 saturated carbocycles. The fraction of sp³-hybridized carbons (Fsp3) is 0.262. The number of nitrogens with one attached hydrogen (secondary N) is 1. The molecule has 6 rings (SSSR count). The molecule has 4 aromatic carbocycles. The predicted molar refractivity (Wildman–Crippen MR) is 205 cm³/mol. The molecular formula is C42H38ClF4N3O5. The van der Waals surface area contributed by atoms with Crippen molar-refractivity contribution >= 4 is 51.9 Å². The van der Waals surface area contributed by atoms with Crippen molar-refractivity contribution in [1.29, 1.82) is 0 Å². The quantitative estimate of drug-likeness (QED) is 0.0445. The number of para-hydroxylation sites is 1. The molecule has 286 valence electrons. The Kier molecular flexibility index (Phi) is 12.4. The number of anilines is 2. The van der Waals surface area contributed by atoms with Crippen molar-refractivity contribution in [2.45, 2.75) is 38.9 Å². The number of piperazine rings is 1. The largest absolute Gasteiger partial charge is 0.463 e. The number of hydrogen-bond donors (Lipinski definition) is 1. The third-order valence-electron chi connectivity index (χ3n) is 9.28. The van der Waals surface area contributed by atoms with Crippen molar-refractivity contribution < 1.29 is 36.3 Å². The lowest BCUT2D eigenvalue weighted by Crippen LogP contribution is -2.46. The molecule has 1 aliphatic rings. The van der Waals surface area contributed by atoms with Crippen LogP contribution < -0.4 is 15.8 Å². The number of ether oxygens (including phenoxy) is 1. The average molecular weight is 776 g/mol. The molecule has 0 atom stereocenters. The fourth-order valence-corrected chi connectivity index (χ4v) is 6.72. The van der Waals surface area contributed by atoms with Crippen LogP contribution in [0.1, 0.15) is 42.0 Å². The Bertz CT molecular complexity index is 2270. The van der Waals surface area contributed by atoms with Crippen LogP contribution in [-0.2, 0) is 33.5 Å². The topological polar surface area (TPSA) is 92.1 Å². The van der Waals surface area contributed by atoms with E-state index in [4.69, 9.17) is 20.8 Å². The lowest BCUT2D eigenvalue weighted by Gasteiger charge is -2.36. The second-order valence-electron chi connectivity index (χ2n) is 13.2. The summed E-state index contributed by atoms with van der Waals surface area (Å²) in [5, 5.41) is 3.02. The summed E-state index contributed by atoms with van der Waals surface area (Å²) in [5.41, 5.74) is 0.335. The van der Waals surface area contributed by atoms with E-state index in [1.165, 1.54) is 6.08 Å². The normalized spacial score (nSPS) is 13.7. The van der Waals surface area contributed by atoms with Gasteiger partial charge in [-0.25, -0.2) is 14.0 Å². The number of hydrogen-bond acceptors (Lipinski definition) is 7. The van der Waals surface area contributed by atoms with E-state index in [0.29, 0.717) is 33.6 Å². The highest BCUT2D eigenvalue weighted by atomic mass is 35.5. The van der Waals surface area contributed by atoms with Crippen LogP contribution in [0.3, 0.4) is 0 Å². The summed E-state index contributed by atoms with van der Waals surface area (Å²) in [4.78, 5) is 44.0. The van der Waals surface area contributed by atoms with Crippen molar-refractivity contribution in [1.82, 2.24) is 4.90 Å². The van der Waals surface area contributed by atoms with Crippen LogP contribution in [0.25, 0.3) is 28.2 Å². The molecule has 0 radical (unpaired) electrons. The first kappa shape index (κ1) is 39.2. The Morgan fingerprint density at radius 3 is 2.45 bits per heavy atom. The number of amides is 1. The number of esters is 1. The molecule has 0 spiro atoms. The first-order chi connectivity index (χ1) is 26.4. The fourth-order valence-electron chi connectivity index (χ4n) is 6.50. The van der Waals surface area contributed by atoms with Gasteiger partial charge in [-0.3, -0.25) is 9.69 Å². The van der Waals surface area contributed by atoms with Crippen LogP contribution in [0, 0.1) is 5.82 Å². The zero-order valence-electron chi connectivity index (χ0n) is 29.9. The number of unbranched alkanes of at least 4 members (excludes halogenated alkanes) is 1. The number of benzene rings is 4. The molecule has 0 unspecified atom stereocenters. The van der Waals surface area contributed by atoms with Crippen LogP contribution in [-0.4, -0.2) is 49.6 Å². The van der Waals surface area contributed by atoms with Crippen LogP contribution in [0.4, 0.5) is 28.9 Å². The van der Waals surface area contributed by atoms with E-state index in [9.17, 15) is 31.9 Å². The van der Waals surface area contributed by atoms with E-state index in [1.807, 2.05) is 25.1 Å². The molecule has 8 nitrogen and oxygen atoms in total. The Morgan fingerprint density at radius 2 is 1.73 bits per heavy atom. The Balaban J connectivity index is 1.37. The number of rotatable bonds is 12. The molecular weight excluding hydrogens is 738 g/mol. The molecule has 0 aliphatic carbocycles. The van der Waals surface area contributed by atoms with E-state index < -0.39 is 47.2 Å². The third kappa shape index (κ3) is 9.81. The Labute approximate surface area is 320 Å². The van der Waals surface area contributed by atoms with E-state index in [1.54, 1.807) is 42.5 Å². The van der Waals surface area contributed by atoms with E-state index in [2.05, 4.69) is 27.2 Å². The molecule has 55 heavy (non-hydrogen) atoms. The molecule has 1 saturated heterocycles. The summed E-state index contributed by atoms with van der Waals surface area (Å²) in [6.07, 6.45) is -1.20. The monoisotopic (exact) mass is 775 g/mol. The summed E-state index contributed by atoms with van der Waals surface area (Å²) >= 11 is 6.78. The summed E-state index contributed by atoms with van der Waals surface area (Å²) in [7, 11) is 0. The third-order valence-corrected chi connectivity index (χ3v) is 9.64. The highest BCUT2D eigenvalue weighted by Gasteiger charge is 2.34. The number of halogens is 5. The van der Waals surface area contributed by atoms with Gasteiger partial charge < -0.3 is 19.4 Å². The average Bonchev–Trinajstić information content (AvgIpc) is 3.16. The van der Waals surface area contributed by atoms with Gasteiger partial charge in [-0.15, -0.1) is 0 Å². The van der Waals surface area contributed by atoms with Crippen LogP contribution in [0.2, 0.25) is 5.02 Å². The van der Waals surface area contributed by atoms with E-state index in [-0.39, 0.29) is 23.8 Å². The highest BCUT2D eigenvalue weighted by molar-refractivity contribution is 6.32. The molecule has 13 heteroatoms. The molecule has 1 aliphatic heterocycles. The number of fused-ring (bicyclic) bond motifs is 1. The molecule has 5 aromatic rings. The second kappa shape index (κ2) is 17.3. The minimum atomic E-state index is -4.96. The molecule has 2 heterocycles. The van der Waals surface area contributed by atoms with Gasteiger partial charge in [-0.1, -0.05) is 61.3 Å². The van der Waals surface area contributed by atoms with Gasteiger partial charge in [0, 0.05) is 66.5 Å². The zero-order chi connectivity index (χ0) is 39.1. The molecule has 0 bridgehead atoms. The van der Waals surface area contributed by atoms with Gasteiger partial charge in [0.15, 0.2) is 0 Å². The molecule has 1 fully saturated rings. The number of alkyl halides is 3. The summed E-state index contributed by atoms with van der Waals surface area (Å²) in [6.45, 7) is 5.84. The van der Waals surface area contributed by atoms with Gasteiger partial charge in [-0.2, -0.15) is 13.2 Å². The van der Waals surface area contributed by atoms with Gasteiger partial charge in [0.2, 0.25) is 5.91 Å². The smallest absolute Gasteiger partial charge is 0.418 e. The summed E-state index contributed by atoms with van der Waals surface area (Å²) in [6, 6.07) is 22.2. The van der Waals surface area contributed by atoms with Crippen molar-refractivity contribution in [3.63, 3.8) is 0 Å². The van der Waals surface area contributed by atoms with Crippen molar-refractivity contribution in [3.05, 3.63) is 135 Å². The van der Waals surface area contributed by atoms with Crippen molar-refractivity contribution in [2.24, 2.45) is 0 Å². The zero-order valence-corrected chi connectivity index (χ0v) is 30.7. The molecule has 1 amide bonds. The summed E-state index contributed by atoms with van der Waals surface area (Å²) in [5.74, 6) is -2.61. The SMILES string of the molecule is CCCCOC(=O)/C=C/c1cccc(-c2c(CC(=O)Nc3ccc(F)cc3C(F)(F)F)c(=O)oc3cc(Cl)c(CN4CCN(c5ccccc5)CC4)cc23)c1. The van der Waals surface area contributed by atoms with Crippen LogP contribution in [0.5, 0.6) is 0 Å². The van der Waals surface area contributed by atoms with Gasteiger partial charge in [0.05, 0.1) is 29.8 Å². The highest BCUT2D eigenvalue weighted by Crippen LogP contribution is 2.37. The standard InChI is InChI=1S/C42H38ClF4N3O5/c1-2-3-20-54-39(52)15-12-27-8-7-9-28(21-27)40-32-22-29(26-49-16-18-50(19-17-49)31-10-5-4-6-11-31)35(43)25-37(32)55-41(53)33(40)24-38(51)48-36-14-13-30(44)23-34(36)42(45,46)47/h4-15,21-23,25H,2-3,16-20,24,26H2,1H3,(H,48,51)/b15-12+. The van der Waals surface area contributed by atoms with Crippen molar-refractivity contribution in [2.75, 3.05) is 43.0 Å². The van der Waals surface area contributed by atoms with Crippen molar-refractivity contribution in [3.8, 4) is 11.1 Å². The Morgan fingerprint density at radius 1 is 0.964 bits per heavy atom. The molecule has 1 N–H and O–H groups in total. The second-order valence-corrected chi connectivity index (χ2v) is 13.6. The minimum absolute atomic E-state index is 0.120. The lowest BCUT2D eigenvalue weighted by atomic mass is 9.93. The van der Waals surface area contributed by atoms with Gasteiger partial charge in [0.1, 0.15) is 11.4 Å². The first-order valence-electron chi connectivity index (χ1n) is 17.8. The first-order valence-corrected chi connectivity index (χ1v) is 18.2. The number of carbonyl (C=O) groups is 2. The number of carbonyl (C=O) groups excluding carboxylic acids is 2. The van der Waals surface area contributed by atoms with Crippen LogP contribution in [0.15, 0.2) is 100 Å². The van der Waals surface area contributed by atoms with Gasteiger partial charge in [0.25, 0.3) is 0 Å². The van der Waals surface area contributed by atoms with Gasteiger partial charge >= 0.3 is 17.8 Å². The van der Waals surface area contributed by atoms with Gasteiger partial charge in [-0.05, 0) is 71.7 Å². The Hall–Kier alpha value is -5.46. The lowest BCUT2D eigenvalue weighted by molar-refractivity contribution is -0.138. The predicted octanol–water partition coefficient (Wildman–Crippen LogP) is 9.13. The maximum absolute atomic E-state index is 13.8. The minimum Gasteiger partial charge on any atom is -0.463 e. The maximum atomic E-state index is 13.8. The maximum Gasteiger partial charge on any atom is 0.418 e. The van der Waals surface area contributed by atoms with E-state index >= 15 is 0 Å². The molecule has 1 aromatic heterocycles. The number of nitrogens with zero attached hydrogens (tertiary/aromatic N) is 2. The summed E-state index contributed by atoms with van der Waals surface area (Å²) < 4.78 is 66.0.